The first-order valence-corrected chi connectivity index (χ1v) is 8.56. The standard InChI is InChI=1S/C20H25FN2O/c1-15-5-4-9-22-19(15)13-23-10-8-17(20(14-23)24-2)11-16-6-3-7-18(21)12-16/h3-7,9,12,17,20H,8,10-11,13-14H2,1-2H3/t17-,20-/m1/s1. The molecule has 0 bridgehead atoms. The third-order valence-electron chi connectivity index (χ3n) is 4.96. The van der Waals surface area contributed by atoms with Crippen molar-refractivity contribution in [2.45, 2.75) is 32.4 Å². The van der Waals surface area contributed by atoms with E-state index in [2.05, 4.69) is 22.9 Å². The van der Waals surface area contributed by atoms with Crippen molar-refractivity contribution in [1.82, 2.24) is 9.88 Å². The Morgan fingerprint density at radius 1 is 1.29 bits per heavy atom. The summed E-state index contributed by atoms with van der Waals surface area (Å²) in [5.74, 6) is 0.266. The molecule has 1 aliphatic heterocycles. The second-order valence-corrected chi connectivity index (χ2v) is 6.66. The molecule has 0 spiro atoms. The number of methoxy groups -OCH3 is 1. The number of rotatable bonds is 5. The van der Waals surface area contributed by atoms with Crippen molar-refractivity contribution in [3.05, 3.63) is 65.2 Å². The topological polar surface area (TPSA) is 25.4 Å². The van der Waals surface area contributed by atoms with E-state index in [0.29, 0.717) is 5.92 Å². The molecule has 0 amide bonds. The summed E-state index contributed by atoms with van der Waals surface area (Å²) in [6, 6.07) is 11.0. The third kappa shape index (κ3) is 4.19. The quantitative estimate of drug-likeness (QED) is 0.838. The molecule has 1 aliphatic rings. The number of aromatic nitrogens is 1. The molecule has 128 valence electrons. The van der Waals surface area contributed by atoms with E-state index in [9.17, 15) is 4.39 Å². The highest BCUT2D eigenvalue weighted by atomic mass is 19.1. The first-order chi connectivity index (χ1) is 11.7. The number of aryl methyl sites for hydroxylation is 1. The molecule has 0 N–H and O–H groups in total. The molecular formula is C20H25FN2O. The highest BCUT2D eigenvalue weighted by Crippen LogP contribution is 2.25. The van der Waals surface area contributed by atoms with Gasteiger partial charge in [-0.05, 0) is 61.6 Å². The molecule has 3 rings (SSSR count). The number of benzene rings is 1. The Balaban J connectivity index is 1.62. The molecule has 0 aliphatic carbocycles. The highest BCUT2D eigenvalue weighted by Gasteiger charge is 2.29. The monoisotopic (exact) mass is 328 g/mol. The number of likely N-dealkylation sites (tertiary alicyclic amines) is 1. The van der Waals surface area contributed by atoms with Crippen molar-refractivity contribution >= 4 is 0 Å². The fourth-order valence-electron chi connectivity index (χ4n) is 3.54. The molecule has 2 aromatic rings. The predicted molar refractivity (Wildman–Crippen MR) is 93.3 cm³/mol. The minimum Gasteiger partial charge on any atom is -0.380 e. The SMILES string of the molecule is CO[C@@H]1CN(Cc2ncccc2C)CC[C@@H]1Cc1cccc(F)c1. The first-order valence-electron chi connectivity index (χ1n) is 8.56. The van der Waals surface area contributed by atoms with Crippen LogP contribution in [0.3, 0.4) is 0 Å². The van der Waals surface area contributed by atoms with Gasteiger partial charge in [0.15, 0.2) is 0 Å². The molecule has 3 nitrogen and oxygen atoms in total. The highest BCUT2D eigenvalue weighted by molar-refractivity contribution is 5.18. The molecular weight excluding hydrogens is 303 g/mol. The maximum atomic E-state index is 13.4. The second kappa shape index (κ2) is 7.86. The molecule has 2 atom stereocenters. The minimum absolute atomic E-state index is 0.162. The van der Waals surface area contributed by atoms with E-state index >= 15 is 0 Å². The van der Waals surface area contributed by atoms with Crippen molar-refractivity contribution in [2.75, 3.05) is 20.2 Å². The van der Waals surface area contributed by atoms with Crippen LogP contribution in [0, 0.1) is 18.7 Å². The van der Waals surface area contributed by atoms with Crippen LogP contribution in [-0.2, 0) is 17.7 Å². The van der Waals surface area contributed by atoms with E-state index in [4.69, 9.17) is 4.74 Å². The number of ether oxygens (including phenoxy) is 1. The largest absolute Gasteiger partial charge is 0.380 e. The number of nitrogens with zero attached hydrogens (tertiary/aromatic N) is 2. The molecule has 1 saturated heterocycles. The van der Waals surface area contributed by atoms with Gasteiger partial charge >= 0.3 is 0 Å². The summed E-state index contributed by atoms with van der Waals surface area (Å²) in [5.41, 5.74) is 3.42. The Bertz CT molecular complexity index is 676. The van der Waals surface area contributed by atoms with Crippen molar-refractivity contribution < 1.29 is 9.13 Å². The lowest BCUT2D eigenvalue weighted by atomic mass is 9.87. The average molecular weight is 328 g/mol. The number of pyridine rings is 1. The Hall–Kier alpha value is -1.78. The molecule has 0 unspecified atom stereocenters. The fourth-order valence-corrected chi connectivity index (χ4v) is 3.54. The van der Waals surface area contributed by atoms with Crippen molar-refractivity contribution in [3.63, 3.8) is 0 Å². The number of hydrogen-bond acceptors (Lipinski definition) is 3. The zero-order valence-corrected chi connectivity index (χ0v) is 14.4. The van der Waals surface area contributed by atoms with Crippen molar-refractivity contribution in [1.29, 1.82) is 0 Å². The number of piperidine rings is 1. The summed E-state index contributed by atoms with van der Waals surface area (Å²) in [7, 11) is 1.78. The maximum absolute atomic E-state index is 13.4. The molecule has 0 radical (unpaired) electrons. The van der Waals surface area contributed by atoms with Gasteiger partial charge in [0.2, 0.25) is 0 Å². The summed E-state index contributed by atoms with van der Waals surface area (Å²) < 4.78 is 19.1. The van der Waals surface area contributed by atoms with E-state index in [0.717, 1.165) is 43.7 Å². The lowest BCUT2D eigenvalue weighted by Gasteiger charge is -2.38. The van der Waals surface area contributed by atoms with E-state index in [1.165, 1.54) is 11.6 Å². The predicted octanol–water partition coefficient (Wildman–Crippen LogP) is 3.61. The van der Waals surface area contributed by atoms with Crippen LogP contribution in [0.15, 0.2) is 42.6 Å². The van der Waals surface area contributed by atoms with E-state index in [-0.39, 0.29) is 11.9 Å². The Kier molecular flexibility index (Phi) is 5.59. The van der Waals surface area contributed by atoms with E-state index in [1.807, 2.05) is 18.3 Å². The van der Waals surface area contributed by atoms with Crippen LogP contribution in [0.1, 0.15) is 23.2 Å². The Morgan fingerprint density at radius 2 is 2.17 bits per heavy atom. The van der Waals surface area contributed by atoms with Gasteiger partial charge < -0.3 is 4.74 Å². The Morgan fingerprint density at radius 3 is 2.92 bits per heavy atom. The molecule has 2 heterocycles. The summed E-state index contributed by atoms with van der Waals surface area (Å²) in [4.78, 5) is 6.90. The lowest BCUT2D eigenvalue weighted by Crippen LogP contribution is -2.45. The smallest absolute Gasteiger partial charge is 0.123 e. The third-order valence-corrected chi connectivity index (χ3v) is 4.96. The van der Waals surface area contributed by atoms with Gasteiger partial charge in [-0.1, -0.05) is 18.2 Å². The van der Waals surface area contributed by atoms with Crippen LogP contribution in [0.25, 0.3) is 0 Å². The minimum atomic E-state index is -0.162. The molecule has 4 heteroatoms. The molecule has 0 saturated carbocycles. The van der Waals surface area contributed by atoms with Gasteiger partial charge in [-0.3, -0.25) is 9.88 Å². The van der Waals surface area contributed by atoms with Gasteiger partial charge in [0.05, 0.1) is 11.8 Å². The number of hydrogen-bond donors (Lipinski definition) is 0. The van der Waals surface area contributed by atoms with E-state index in [1.54, 1.807) is 19.2 Å². The van der Waals surface area contributed by atoms with E-state index < -0.39 is 0 Å². The molecule has 1 fully saturated rings. The van der Waals surface area contributed by atoms with Crippen LogP contribution in [-0.4, -0.2) is 36.2 Å². The molecule has 24 heavy (non-hydrogen) atoms. The summed E-state index contributed by atoms with van der Waals surface area (Å²) in [5, 5.41) is 0. The van der Waals surface area contributed by atoms with Crippen LogP contribution in [0.2, 0.25) is 0 Å². The zero-order valence-electron chi connectivity index (χ0n) is 14.4. The van der Waals surface area contributed by atoms with Gasteiger partial charge in [0.1, 0.15) is 5.82 Å². The maximum Gasteiger partial charge on any atom is 0.123 e. The second-order valence-electron chi connectivity index (χ2n) is 6.66. The first kappa shape index (κ1) is 17.1. The van der Waals surface area contributed by atoms with Crippen LogP contribution in [0.5, 0.6) is 0 Å². The number of halogens is 1. The summed E-state index contributed by atoms with van der Waals surface area (Å²) >= 11 is 0. The van der Waals surface area contributed by atoms with Gasteiger partial charge in [-0.2, -0.15) is 0 Å². The van der Waals surface area contributed by atoms with Crippen molar-refractivity contribution in [3.8, 4) is 0 Å². The summed E-state index contributed by atoms with van der Waals surface area (Å²) in [6.45, 7) is 4.88. The van der Waals surface area contributed by atoms with Crippen LogP contribution >= 0.6 is 0 Å². The van der Waals surface area contributed by atoms with Gasteiger partial charge in [-0.25, -0.2) is 4.39 Å². The Labute approximate surface area is 143 Å². The van der Waals surface area contributed by atoms with Gasteiger partial charge in [0, 0.05) is 26.4 Å². The average Bonchev–Trinajstić information content (AvgIpc) is 2.58. The lowest BCUT2D eigenvalue weighted by molar-refractivity contribution is -0.0139. The fraction of sp³-hybridized carbons (Fsp3) is 0.450. The van der Waals surface area contributed by atoms with Gasteiger partial charge in [0.25, 0.3) is 0 Å². The van der Waals surface area contributed by atoms with Crippen LogP contribution in [0.4, 0.5) is 4.39 Å². The molecule has 1 aromatic carbocycles. The normalized spacial score (nSPS) is 21.8. The summed E-state index contributed by atoms with van der Waals surface area (Å²) in [6.07, 6.45) is 3.95. The van der Waals surface area contributed by atoms with Crippen LogP contribution < -0.4 is 0 Å². The van der Waals surface area contributed by atoms with Gasteiger partial charge in [-0.15, -0.1) is 0 Å². The van der Waals surface area contributed by atoms with Crippen molar-refractivity contribution in [2.24, 2.45) is 5.92 Å². The molecule has 1 aromatic heterocycles. The zero-order chi connectivity index (χ0) is 16.9.